The molecular weight excluding hydrogens is 212 g/mol. The number of hydrogen-bond acceptors (Lipinski definition) is 3. The lowest BCUT2D eigenvalue weighted by molar-refractivity contribution is 0.170. The van der Waals surface area contributed by atoms with Crippen molar-refractivity contribution < 1.29 is 0 Å². The molecule has 0 spiro atoms. The standard InChI is InChI=1S/C13H24N4/c1-14-7-3-12-4-9-17(10-5-12)11-13-6-8-16(2)15-13/h6,8,12,14H,3-5,7,9-11H2,1-2H3. The van der Waals surface area contributed by atoms with Crippen LogP contribution < -0.4 is 5.32 Å². The van der Waals surface area contributed by atoms with Gasteiger partial charge in [-0.2, -0.15) is 5.10 Å². The van der Waals surface area contributed by atoms with Crippen molar-refractivity contribution in [3.05, 3.63) is 18.0 Å². The largest absolute Gasteiger partial charge is 0.320 e. The van der Waals surface area contributed by atoms with Gasteiger partial charge in [0.2, 0.25) is 0 Å². The first-order valence-electron chi connectivity index (χ1n) is 6.63. The van der Waals surface area contributed by atoms with E-state index in [0.717, 1.165) is 19.0 Å². The molecule has 2 rings (SSSR count). The van der Waals surface area contributed by atoms with Gasteiger partial charge in [0.05, 0.1) is 5.69 Å². The highest BCUT2D eigenvalue weighted by molar-refractivity contribution is 4.98. The first kappa shape index (κ1) is 12.6. The minimum absolute atomic E-state index is 0.919. The van der Waals surface area contributed by atoms with E-state index in [4.69, 9.17) is 0 Å². The number of aromatic nitrogens is 2. The summed E-state index contributed by atoms with van der Waals surface area (Å²) >= 11 is 0. The van der Waals surface area contributed by atoms with Crippen LogP contribution in [-0.4, -0.2) is 41.4 Å². The highest BCUT2D eigenvalue weighted by Gasteiger charge is 2.19. The average Bonchev–Trinajstić information content (AvgIpc) is 2.74. The Morgan fingerprint density at radius 1 is 1.41 bits per heavy atom. The SMILES string of the molecule is CNCCC1CCN(Cc2ccn(C)n2)CC1. The van der Waals surface area contributed by atoms with Gasteiger partial charge in [-0.1, -0.05) is 0 Å². The Morgan fingerprint density at radius 3 is 2.76 bits per heavy atom. The van der Waals surface area contributed by atoms with Gasteiger partial charge in [0.1, 0.15) is 0 Å². The fourth-order valence-electron chi connectivity index (χ4n) is 2.56. The fourth-order valence-corrected chi connectivity index (χ4v) is 2.56. The smallest absolute Gasteiger partial charge is 0.0764 e. The number of nitrogens with zero attached hydrogens (tertiary/aromatic N) is 3. The molecule has 96 valence electrons. The Balaban J connectivity index is 1.72. The first-order valence-corrected chi connectivity index (χ1v) is 6.63. The van der Waals surface area contributed by atoms with E-state index in [9.17, 15) is 0 Å². The number of hydrogen-bond donors (Lipinski definition) is 1. The van der Waals surface area contributed by atoms with Crippen LogP contribution in [0, 0.1) is 5.92 Å². The number of rotatable bonds is 5. The van der Waals surface area contributed by atoms with Crippen molar-refractivity contribution in [2.75, 3.05) is 26.7 Å². The third kappa shape index (κ3) is 3.82. The van der Waals surface area contributed by atoms with Crippen molar-refractivity contribution in [3.8, 4) is 0 Å². The summed E-state index contributed by atoms with van der Waals surface area (Å²) in [6.45, 7) is 4.63. The zero-order valence-corrected chi connectivity index (χ0v) is 11.0. The van der Waals surface area contributed by atoms with Crippen LogP contribution in [0.3, 0.4) is 0 Å². The Hall–Kier alpha value is -0.870. The summed E-state index contributed by atoms with van der Waals surface area (Å²) in [6, 6.07) is 2.12. The van der Waals surface area contributed by atoms with Crippen LogP contribution in [0.25, 0.3) is 0 Å². The van der Waals surface area contributed by atoms with Gasteiger partial charge >= 0.3 is 0 Å². The van der Waals surface area contributed by atoms with E-state index in [1.54, 1.807) is 0 Å². The third-order valence-electron chi connectivity index (χ3n) is 3.66. The minimum Gasteiger partial charge on any atom is -0.320 e. The van der Waals surface area contributed by atoms with E-state index in [1.807, 2.05) is 25.0 Å². The van der Waals surface area contributed by atoms with Crippen molar-refractivity contribution in [2.24, 2.45) is 13.0 Å². The second-order valence-corrected chi connectivity index (χ2v) is 5.09. The molecule has 0 radical (unpaired) electrons. The zero-order valence-electron chi connectivity index (χ0n) is 11.0. The molecule has 17 heavy (non-hydrogen) atoms. The van der Waals surface area contributed by atoms with Crippen LogP contribution in [0.2, 0.25) is 0 Å². The van der Waals surface area contributed by atoms with Gasteiger partial charge in [0, 0.05) is 19.8 Å². The van der Waals surface area contributed by atoms with Crippen LogP contribution in [0.4, 0.5) is 0 Å². The molecule has 0 aliphatic carbocycles. The molecule has 0 unspecified atom stereocenters. The first-order chi connectivity index (χ1) is 8.28. The summed E-state index contributed by atoms with van der Waals surface area (Å²) < 4.78 is 1.88. The van der Waals surface area contributed by atoms with E-state index in [0.29, 0.717) is 0 Å². The predicted octanol–water partition coefficient (Wildman–Crippen LogP) is 1.24. The molecule has 1 N–H and O–H groups in total. The molecule has 1 aromatic rings. The molecule has 1 aliphatic heterocycles. The number of likely N-dealkylation sites (tertiary alicyclic amines) is 1. The second kappa shape index (κ2) is 6.17. The zero-order chi connectivity index (χ0) is 12.1. The molecule has 2 heterocycles. The summed E-state index contributed by atoms with van der Waals surface area (Å²) in [7, 11) is 4.02. The highest BCUT2D eigenvalue weighted by Crippen LogP contribution is 2.20. The molecule has 4 heteroatoms. The molecule has 1 saturated heterocycles. The maximum absolute atomic E-state index is 4.44. The van der Waals surface area contributed by atoms with E-state index >= 15 is 0 Å². The molecule has 1 aromatic heterocycles. The van der Waals surface area contributed by atoms with Crippen molar-refractivity contribution in [2.45, 2.75) is 25.8 Å². The van der Waals surface area contributed by atoms with Crippen LogP contribution in [0.1, 0.15) is 25.0 Å². The van der Waals surface area contributed by atoms with Crippen LogP contribution >= 0.6 is 0 Å². The number of aryl methyl sites for hydroxylation is 1. The molecule has 0 bridgehead atoms. The molecular formula is C13H24N4. The topological polar surface area (TPSA) is 33.1 Å². The summed E-state index contributed by atoms with van der Waals surface area (Å²) in [5.41, 5.74) is 1.20. The Labute approximate surface area is 104 Å². The molecule has 1 aliphatic rings. The Kier molecular flexibility index (Phi) is 4.57. The predicted molar refractivity (Wildman–Crippen MR) is 69.8 cm³/mol. The summed E-state index contributed by atoms with van der Waals surface area (Å²) in [5.74, 6) is 0.919. The van der Waals surface area contributed by atoms with Gasteiger partial charge in [-0.15, -0.1) is 0 Å². The highest BCUT2D eigenvalue weighted by atomic mass is 15.3. The van der Waals surface area contributed by atoms with Gasteiger partial charge in [0.25, 0.3) is 0 Å². The van der Waals surface area contributed by atoms with Gasteiger partial charge in [0.15, 0.2) is 0 Å². The molecule has 4 nitrogen and oxygen atoms in total. The molecule has 0 atom stereocenters. The lowest BCUT2D eigenvalue weighted by atomic mass is 9.93. The van der Waals surface area contributed by atoms with Gasteiger partial charge in [-0.25, -0.2) is 0 Å². The quantitative estimate of drug-likeness (QED) is 0.835. The van der Waals surface area contributed by atoms with Crippen LogP contribution in [0.5, 0.6) is 0 Å². The monoisotopic (exact) mass is 236 g/mol. The maximum Gasteiger partial charge on any atom is 0.0764 e. The molecule has 0 saturated carbocycles. The van der Waals surface area contributed by atoms with E-state index < -0.39 is 0 Å². The second-order valence-electron chi connectivity index (χ2n) is 5.09. The van der Waals surface area contributed by atoms with Crippen LogP contribution in [0.15, 0.2) is 12.3 Å². The van der Waals surface area contributed by atoms with Crippen molar-refractivity contribution >= 4 is 0 Å². The van der Waals surface area contributed by atoms with E-state index in [-0.39, 0.29) is 0 Å². The Morgan fingerprint density at radius 2 is 2.18 bits per heavy atom. The van der Waals surface area contributed by atoms with Gasteiger partial charge in [-0.3, -0.25) is 9.58 Å². The summed E-state index contributed by atoms with van der Waals surface area (Å²) in [6.07, 6.45) is 6.03. The van der Waals surface area contributed by atoms with Crippen molar-refractivity contribution in [1.82, 2.24) is 20.0 Å². The Bertz CT molecular complexity index is 326. The lowest BCUT2D eigenvalue weighted by Crippen LogP contribution is -2.34. The molecule has 1 fully saturated rings. The number of nitrogens with one attached hydrogen (secondary N) is 1. The van der Waals surface area contributed by atoms with Crippen LogP contribution in [-0.2, 0) is 13.6 Å². The molecule has 0 aromatic carbocycles. The number of piperidine rings is 1. The summed E-state index contributed by atoms with van der Waals surface area (Å²) in [5, 5.41) is 7.68. The fraction of sp³-hybridized carbons (Fsp3) is 0.769. The van der Waals surface area contributed by atoms with E-state index in [1.165, 1.54) is 38.0 Å². The van der Waals surface area contributed by atoms with Gasteiger partial charge in [-0.05, 0) is 57.9 Å². The lowest BCUT2D eigenvalue weighted by Gasteiger charge is -2.31. The minimum atomic E-state index is 0.919. The average molecular weight is 236 g/mol. The third-order valence-corrected chi connectivity index (χ3v) is 3.66. The maximum atomic E-state index is 4.44. The van der Waals surface area contributed by atoms with Crippen molar-refractivity contribution in [1.29, 1.82) is 0 Å². The van der Waals surface area contributed by atoms with Gasteiger partial charge < -0.3 is 5.32 Å². The summed E-state index contributed by atoms with van der Waals surface area (Å²) in [4.78, 5) is 2.53. The normalized spacial score (nSPS) is 18.7. The van der Waals surface area contributed by atoms with E-state index in [2.05, 4.69) is 21.4 Å². The molecule has 0 amide bonds. The van der Waals surface area contributed by atoms with Crippen molar-refractivity contribution in [3.63, 3.8) is 0 Å².